The number of nitro benzene ring substituents is 2. The van der Waals surface area contributed by atoms with Gasteiger partial charge >= 0.3 is 5.69 Å². The lowest BCUT2D eigenvalue weighted by Crippen LogP contribution is -2.59. The van der Waals surface area contributed by atoms with Gasteiger partial charge in [-0.3, -0.25) is 20.2 Å². The number of thiocarbonyl (C=S) groups is 1. The van der Waals surface area contributed by atoms with Crippen LogP contribution in [0.2, 0.25) is 0 Å². The fourth-order valence-corrected chi connectivity index (χ4v) is 2.39. The van der Waals surface area contributed by atoms with E-state index in [4.69, 9.17) is 12.2 Å². The SMILES string of the molecule is C[C@H]1C[C@@H](NNc2ccc([N+](=O)[O-])cc2[N+](=O)[O-])NC(=S)N1. The second-order valence-electron chi connectivity index (χ2n) is 4.79. The number of nitro groups is 2. The average Bonchev–Trinajstić information content (AvgIpc) is 2.43. The number of benzene rings is 1. The van der Waals surface area contributed by atoms with Crippen molar-refractivity contribution < 1.29 is 9.85 Å². The van der Waals surface area contributed by atoms with E-state index < -0.39 is 9.85 Å². The van der Waals surface area contributed by atoms with Crippen LogP contribution in [0.25, 0.3) is 0 Å². The van der Waals surface area contributed by atoms with Gasteiger partial charge in [-0.05, 0) is 25.2 Å². The number of hydrogen-bond acceptors (Lipinski definition) is 7. The van der Waals surface area contributed by atoms with E-state index in [9.17, 15) is 20.2 Å². The smallest absolute Gasteiger partial charge is 0.300 e. The molecule has 118 valence electrons. The molecule has 0 spiro atoms. The summed E-state index contributed by atoms with van der Waals surface area (Å²) in [7, 11) is 0. The third-order valence-corrected chi connectivity index (χ3v) is 3.28. The van der Waals surface area contributed by atoms with Crippen LogP contribution in [0, 0.1) is 20.2 Å². The molecule has 0 aromatic heterocycles. The molecule has 1 saturated heterocycles. The molecule has 2 rings (SSSR count). The molecule has 10 nitrogen and oxygen atoms in total. The molecule has 1 aliphatic rings. The fraction of sp³-hybridized carbons (Fsp3) is 0.364. The number of nitrogens with zero attached hydrogens (tertiary/aromatic N) is 2. The molecular formula is C11H14N6O4S. The molecule has 22 heavy (non-hydrogen) atoms. The predicted octanol–water partition coefficient (Wildman–Crippen LogP) is 1.00. The van der Waals surface area contributed by atoms with Crippen LogP contribution in [0.1, 0.15) is 13.3 Å². The molecule has 0 amide bonds. The molecule has 0 unspecified atom stereocenters. The second-order valence-corrected chi connectivity index (χ2v) is 5.20. The standard InChI is InChI=1S/C11H14N6O4S/c1-6-4-10(13-11(22)12-6)15-14-8-3-2-7(16(18)19)5-9(8)17(20)21/h2-3,5-6,10,14-15H,4H2,1H3,(H2,12,13,22)/t6-,10+/m0/s1. The minimum Gasteiger partial charge on any atom is -0.360 e. The maximum absolute atomic E-state index is 11.0. The average molecular weight is 326 g/mol. The van der Waals surface area contributed by atoms with Gasteiger partial charge in [0.25, 0.3) is 5.69 Å². The van der Waals surface area contributed by atoms with Gasteiger partial charge in [0.2, 0.25) is 0 Å². The van der Waals surface area contributed by atoms with Crippen molar-refractivity contribution in [3.8, 4) is 0 Å². The minimum absolute atomic E-state index is 0.134. The maximum Gasteiger partial charge on any atom is 0.300 e. The lowest BCUT2D eigenvalue weighted by Gasteiger charge is -2.31. The molecule has 0 saturated carbocycles. The van der Waals surface area contributed by atoms with Crippen molar-refractivity contribution in [2.24, 2.45) is 0 Å². The van der Waals surface area contributed by atoms with Gasteiger partial charge in [-0.15, -0.1) is 0 Å². The minimum atomic E-state index is -0.682. The van der Waals surface area contributed by atoms with E-state index in [1.54, 1.807) is 0 Å². The number of non-ortho nitro benzene ring substituents is 1. The number of nitrogens with one attached hydrogen (secondary N) is 4. The van der Waals surface area contributed by atoms with Crippen molar-refractivity contribution in [3.05, 3.63) is 38.4 Å². The van der Waals surface area contributed by atoms with Crippen molar-refractivity contribution in [2.45, 2.75) is 25.6 Å². The molecule has 1 aliphatic heterocycles. The zero-order valence-corrected chi connectivity index (χ0v) is 12.3. The van der Waals surface area contributed by atoms with Gasteiger partial charge in [-0.2, -0.15) is 0 Å². The summed E-state index contributed by atoms with van der Waals surface area (Å²) in [5, 5.41) is 28.2. The van der Waals surface area contributed by atoms with Gasteiger partial charge in [-0.25, -0.2) is 5.43 Å². The number of anilines is 1. The van der Waals surface area contributed by atoms with Gasteiger partial charge in [-0.1, -0.05) is 0 Å². The van der Waals surface area contributed by atoms with Crippen LogP contribution >= 0.6 is 12.2 Å². The summed E-state index contributed by atoms with van der Waals surface area (Å²) in [5.74, 6) is 0. The first-order valence-corrected chi connectivity index (χ1v) is 6.79. The summed E-state index contributed by atoms with van der Waals surface area (Å²) in [6.07, 6.45) is 0.465. The number of hydrazine groups is 1. The molecular weight excluding hydrogens is 312 g/mol. The Morgan fingerprint density at radius 1 is 1.27 bits per heavy atom. The zero-order valence-electron chi connectivity index (χ0n) is 11.5. The molecule has 11 heteroatoms. The summed E-state index contributed by atoms with van der Waals surface area (Å²) in [4.78, 5) is 20.3. The first kappa shape index (κ1) is 15.9. The molecule has 1 fully saturated rings. The van der Waals surface area contributed by atoms with E-state index in [0.29, 0.717) is 11.5 Å². The molecule has 2 atom stereocenters. The van der Waals surface area contributed by atoms with Crippen LogP contribution < -0.4 is 21.5 Å². The van der Waals surface area contributed by atoms with Crippen LogP contribution in [0.5, 0.6) is 0 Å². The van der Waals surface area contributed by atoms with Gasteiger partial charge in [0.15, 0.2) is 5.11 Å². The Hall–Kier alpha value is -2.53. The van der Waals surface area contributed by atoms with Crippen molar-refractivity contribution in [3.63, 3.8) is 0 Å². The van der Waals surface area contributed by atoms with Crippen LogP contribution in [0.4, 0.5) is 17.1 Å². The van der Waals surface area contributed by atoms with E-state index in [-0.39, 0.29) is 29.3 Å². The second kappa shape index (κ2) is 6.49. The van der Waals surface area contributed by atoms with E-state index in [1.807, 2.05) is 6.92 Å². The third-order valence-electron chi connectivity index (χ3n) is 3.04. The lowest BCUT2D eigenvalue weighted by molar-refractivity contribution is -0.393. The first-order valence-electron chi connectivity index (χ1n) is 6.38. The monoisotopic (exact) mass is 326 g/mol. The van der Waals surface area contributed by atoms with Gasteiger partial charge < -0.3 is 16.1 Å². The van der Waals surface area contributed by atoms with E-state index >= 15 is 0 Å². The Morgan fingerprint density at radius 2 is 2.00 bits per heavy atom. The fourth-order valence-electron chi connectivity index (χ4n) is 2.05. The highest BCUT2D eigenvalue weighted by Crippen LogP contribution is 2.28. The Kier molecular flexibility index (Phi) is 4.68. The lowest BCUT2D eigenvalue weighted by atomic mass is 10.1. The first-order chi connectivity index (χ1) is 10.4. The topological polar surface area (TPSA) is 134 Å². The van der Waals surface area contributed by atoms with Crippen molar-refractivity contribution in [1.29, 1.82) is 0 Å². The maximum atomic E-state index is 11.0. The Bertz CT molecular complexity index is 625. The van der Waals surface area contributed by atoms with Crippen LogP contribution in [0.15, 0.2) is 18.2 Å². The highest BCUT2D eigenvalue weighted by Gasteiger charge is 2.23. The van der Waals surface area contributed by atoms with Crippen LogP contribution in [-0.2, 0) is 0 Å². The largest absolute Gasteiger partial charge is 0.360 e. The van der Waals surface area contributed by atoms with Gasteiger partial charge in [0, 0.05) is 18.5 Å². The Labute approximate surface area is 130 Å². The van der Waals surface area contributed by atoms with E-state index in [2.05, 4.69) is 21.5 Å². The zero-order chi connectivity index (χ0) is 16.3. The molecule has 1 aromatic carbocycles. The quantitative estimate of drug-likeness (QED) is 0.355. The molecule has 0 aliphatic carbocycles. The van der Waals surface area contributed by atoms with Crippen LogP contribution in [0.3, 0.4) is 0 Å². The van der Waals surface area contributed by atoms with E-state index in [0.717, 1.165) is 6.07 Å². The Balaban J connectivity index is 2.10. The third kappa shape index (κ3) is 3.77. The van der Waals surface area contributed by atoms with Gasteiger partial charge in [0.05, 0.1) is 22.1 Å². The van der Waals surface area contributed by atoms with Crippen molar-refractivity contribution >= 4 is 34.4 Å². The van der Waals surface area contributed by atoms with Crippen molar-refractivity contribution in [1.82, 2.24) is 16.1 Å². The number of hydrogen-bond donors (Lipinski definition) is 4. The molecule has 1 aromatic rings. The summed E-state index contributed by atoms with van der Waals surface area (Å²) in [5.41, 5.74) is 5.00. The summed E-state index contributed by atoms with van der Waals surface area (Å²) < 4.78 is 0. The molecule has 0 bridgehead atoms. The van der Waals surface area contributed by atoms with Crippen molar-refractivity contribution in [2.75, 3.05) is 5.43 Å². The molecule has 0 radical (unpaired) electrons. The number of rotatable bonds is 5. The summed E-state index contributed by atoms with van der Waals surface area (Å²) in [6, 6.07) is 3.54. The Morgan fingerprint density at radius 3 is 2.59 bits per heavy atom. The molecule has 1 heterocycles. The normalized spacial score (nSPS) is 20.7. The van der Waals surface area contributed by atoms with Crippen LogP contribution in [-0.4, -0.2) is 27.2 Å². The highest BCUT2D eigenvalue weighted by molar-refractivity contribution is 7.80. The summed E-state index contributed by atoms with van der Waals surface area (Å²) in [6.45, 7) is 1.95. The van der Waals surface area contributed by atoms with E-state index in [1.165, 1.54) is 12.1 Å². The molecule has 4 N–H and O–H groups in total. The van der Waals surface area contributed by atoms with Gasteiger partial charge in [0.1, 0.15) is 5.69 Å². The predicted molar refractivity (Wildman–Crippen MR) is 83.2 cm³/mol. The highest BCUT2D eigenvalue weighted by atomic mass is 32.1. The summed E-state index contributed by atoms with van der Waals surface area (Å²) >= 11 is 5.03.